The van der Waals surface area contributed by atoms with Crippen molar-refractivity contribution in [3.05, 3.63) is 46.2 Å². The number of aryl methyl sites for hydroxylation is 2. The Bertz CT molecular complexity index is 1150. The molecule has 0 bridgehead atoms. The van der Waals surface area contributed by atoms with Gasteiger partial charge < -0.3 is 9.42 Å². The molecule has 0 spiro atoms. The van der Waals surface area contributed by atoms with Gasteiger partial charge >= 0.3 is 6.18 Å². The lowest BCUT2D eigenvalue weighted by atomic mass is 9.92. The zero-order valence-corrected chi connectivity index (χ0v) is 17.1. The Hall–Kier alpha value is -2.91. The third kappa shape index (κ3) is 3.57. The predicted molar refractivity (Wildman–Crippen MR) is 104 cm³/mol. The van der Waals surface area contributed by atoms with Gasteiger partial charge in [-0.1, -0.05) is 5.16 Å². The smallest absolute Gasteiger partial charge is 0.360 e. The highest BCUT2D eigenvalue weighted by Crippen LogP contribution is 2.34. The van der Waals surface area contributed by atoms with Crippen LogP contribution in [-0.4, -0.2) is 43.7 Å². The van der Waals surface area contributed by atoms with Gasteiger partial charge in [-0.05, 0) is 45.1 Å². The van der Waals surface area contributed by atoms with E-state index < -0.39 is 11.9 Å². The van der Waals surface area contributed by atoms with Gasteiger partial charge in [0, 0.05) is 42.8 Å². The SMILES string of the molecule is Cc1cc2nc([C@@H]3CCCN(C(=O)c4noc5c4CCCC5)C3)cc(C(F)(F)F)n2n1. The van der Waals surface area contributed by atoms with E-state index >= 15 is 0 Å². The van der Waals surface area contributed by atoms with E-state index in [2.05, 4.69) is 15.2 Å². The molecule has 1 saturated heterocycles. The Morgan fingerprint density at radius 1 is 1.19 bits per heavy atom. The van der Waals surface area contributed by atoms with Crippen LogP contribution in [0, 0.1) is 6.92 Å². The molecule has 2 aliphatic rings. The first-order chi connectivity index (χ1) is 14.8. The summed E-state index contributed by atoms with van der Waals surface area (Å²) in [6, 6.07) is 2.60. The first-order valence-corrected chi connectivity index (χ1v) is 10.5. The van der Waals surface area contributed by atoms with Crippen LogP contribution >= 0.6 is 0 Å². The van der Waals surface area contributed by atoms with Crippen molar-refractivity contribution in [3.8, 4) is 0 Å². The van der Waals surface area contributed by atoms with Gasteiger partial charge in [-0.25, -0.2) is 9.50 Å². The van der Waals surface area contributed by atoms with Crippen molar-refractivity contribution >= 4 is 11.6 Å². The first-order valence-electron chi connectivity index (χ1n) is 10.5. The Labute approximate surface area is 176 Å². The molecular weight excluding hydrogens is 411 g/mol. The third-order valence-corrected chi connectivity index (χ3v) is 6.14. The molecule has 10 heteroatoms. The molecule has 5 rings (SSSR count). The molecule has 0 saturated carbocycles. The number of halogens is 3. The van der Waals surface area contributed by atoms with Gasteiger partial charge in [0.15, 0.2) is 11.3 Å². The molecule has 7 nitrogen and oxygen atoms in total. The zero-order valence-electron chi connectivity index (χ0n) is 17.1. The highest BCUT2D eigenvalue weighted by Gasteiger charge is 2.37. The van der Waals surface area contributed by atoms with Crippen LogP contribution in [-0.2, 0) is 19.0 Å². The standard InChI is InChI=1S/C21H22F3N5O2/c1-12-9-18-25-15(10-17(21(22,23)24)29(18)26-12)13-5-4-8-28(11-13)20(30)19-14-6-2-3-7-16(14)31-27-19/h9-10,13H,2-8,11H2,1H3/t13-/m1/s1. The van der Waals surface area contributed by atoms with Gasteiger partial charge in [0.1, 0.15) is 11.5 Å². The number of amides is 1. The van der Waals surface area contributed by atoms with Gasteiger partial charge in [0.05, 0.1) is 5.69 Å². The summed E-state index contributed by atoms with van der Waals surface area (Å²) in [5.41, 5.74) is 1.34. The Morgan fingerprint density at radius 2 is 2.00 bits per heavy atom. The summed E-state index contributed by atoms with van der Waals surface area (Å²) in [5, 5.41) is 7.95. The fraction of sp³-hybridized carbons (Fsp3) is 0.524. The molecule has 1 aliphatic carbocycles. The maximum Gasteiger partial charge on any atom is 0.433 e. The van der Waals surface area contributed by atoms with Crippen molar-refractivity contribution in [2.75, 3.05) is 13.1 Å². The number of fused-ring (bicyclic) bond motifs is 2. The highest BCUT2D eigenvalue weighted by atomic mass is 19.4. The average Bonchev–Trinajstić information content (AvgIpc) is 3.34. The summed E-state index contributed by atoms with van der Waals surface area (Å²) >= 11 is 0. The largest absolute Gasteiger partial charge is 0.433 e. The minimum atomic E-state index is -4.56. The summed E-state index contributed by atoms with van der Waals surface area (Å²) in [6.07, 6.45) is 0.352. The first kappa shape index (κ1) is 20.0. The molecule has 0 aromatic carbocycles. The molecule has 0 radical (unpaired) electrons. The molecule has 3 aromatic rings. The van der Waals surface area contributed by atoms with E-state index in [4.69, 9.17) is 4.52 Å². The van der Waals surface area contributed by atoms with Crippen LogP contribution < -0.4 is 0 Å². The molecule has 0 N–H and O–H groups in total. The molecule has 0 unspecified atom stereocenters. The van der Waals surface area contributed by atoms with Gasteiger partial charge in [0.2, 0.25) is 0 Å². The number of carbonyl (C=O) groups excluding carboxylic acids is 1. The van der Waals surface area contributed by atoms with Crippen molar-refractivity contribution in [1.29, 1.82) is 0 Å². The molecule has 1 atom stereocenters. The number of hydrogen-bond acceptors (Lipinski definition) is 5. The maximum absolute atomic E-state index is 13.7. The van der Waals surface area contributed by atoms with Crippen molar-refractivity contribution in [3.63, 3.8) is 0 Å². The number of alkyl halides is 3. The summed E-state index contributed by atoms with van der Waals surface area (Å²) in [7, 11) is 0. The zero-order chi connectivity index (χ0) is 21.8. The van der Waals surface area contributed by atoms with Crippen LogP contribution in [0.15, 0.2) is 16.7 Å². The molecule has 3 aromatic heterocycles. The fourth-order valence-corrected chi connectivity index (χ4v) is 4.63. The van der Waals surface area contributed by atoms with E-state index in [9.17, 15) is 18.0 Å². The van der Waals surface area contributed by atoms with Gasteiger partial charge in [-0.3, -0.25) is 4.79 Å². The quantitative estimate of drug-likeness (QED) is 0.612. The molecule has 1 amide bonds. The predicted octanol–water partition coefficient (Wildman–Crippen LogP) is 3.94. The fourth-order valence-electron chi connectivity index (χ4n) is 4.63. The minimum Gasteiger partial charge on any atom is -0.360 e. The van der Waals surface area contributed by atoms with E-state index in [0.717, 1.165) is 47.6 Å². The number of nitrogens with zero attached hydrogens (tertiary/aromatic N) is 5. The summed E-state index contributed by atoms with van der Waals surface area (Å²) in [5.74, 6) is 0.275. The summed E-state index contributed by atoms with van der Waals surface area (Å²) in [4.78, 5) is 19.3. The van der Waals surface area contributed by atoms with E-state index in [1.54, 1.807) is 11.8 Å². The van der Waals surface area contributed by atoms with Gasteiger partial charge in [-0.15, -0.1) is 0 Å². The second kappa shape index (κ2) is 7.35. The monoisotopic (exact) mass is 433 g/mol. The van der Waals surface area contributed by atoms with E-state index in [1.165, 1.54) is 6.07 Å². The molecule has 31 heavy (non-hydrogen) atoms. The number of hydrogen-bond donors (Lipinski definition) is 0. The second-order valence-corrected chi connectivity index (χ2v) is 8.35. The minimum absolute atomic E-state index is 0.163. The maximum atomic E-state index is 13.7. The van der Waals surface area contributed by atoms with Crippen LogP contribution in [0.3, 0.4) is 0 Å². The molecule has 1 aliphatic heterocycles. The number of aromatic nitrogens is 4. The summed E-state index contributed by atoms with van der Waals surface area (Å²) in [6.45, 7) is 2.47. The lowest BCUT2D eigenvalue weighted by Crippen LogP contribution is -2.40. The number of rotatable bonds is 2. The van der Waals surface area contributed by atoms with Crippen LogP contribution in [0.5, 0.6) is 0 Å². The normalized spacial score (nSPS) is 19.6. The highest BCUT2D eigenvalue weighted by molar-refractivity contribution is 5.94. The van der Waals surface area contributed by atoms with Crippen molar-refractivity contribution < 1.29 is 22.5 Å². The second-order valence-electron chi connectivity index (χ2n) is 8.35. The van der Waals surface area contributed by atoms with Gasteiger partial charge in [0.25, 0.3) is 5.91 Å². The van der Waals surface area contributed by atoms with Crippen LogP contribution in [0.1, 0.15) is 70.5 Å². The Kier molecular flexibility index (Phi) is 4.75. The third-order valence-electron chi connectivity index (χ3n) is 6.14. The topological polar surface area (TPSA) is 76.5 Å². The Balaban J connectivity index is 1.45. The van der Waals surface area contributed by atoms with Crippen molar-refractivity contribution in [2.24, 2.45) is 0 Å². The van der Waals surface area contributed by atoms with Crippen LogP contribution in [0.2, 0.25) is 0 Å². The number of likely N-dealkylation sites (tertiary alicyclic amines) is 1. The van der Waals surface area contributed by atoms with Crippen LogP contribution in [0.4, 0.5) is 13.2 Å². The van der Waals surface area contributed by atoms with Crippen molar-refractivity contribution in [1.82, 2.24) is 24.7 Å². The summed E-state index contributed by atoms with van der Waals surface area (Å²) < 4.78 is 47.2. The number of piperidine rings is 1. The van der Waals surface area contributed by atoms with E-state index in [-0.39, 0.29) is 17.5 Å². The average molecular weight is 433 g/mol. The molecule has 164 valence electrons. The Morgan fingerprint density at radius 3 is 2.81 bits per heavy atom. The molecule has 1 fully saturated rings. The van der Waals surface area contributed by atoms with E-state index in [0.29, 0.717) is 43.0 Å². The van der Waals surface area contributed by atoms with Crippen LogP contribution in [0.25, 0.3) is 5.65 Å². The lowest BCUT2D eigenvalue weighted by molar-refractivity contribution is -0.142. The van der Waals surface area contributed by atoms with Gasteiger partial charge in [-0.2, -0.15) is 18.3 Å². The lowest BCUT2D eigenvalue weighted by Gasteiger charge is -2.32. The van der Waals surface area contributed by atoms with Crippen molar-refractivity contribution in [2.45, 2.75) is 57.5 Å². The van der Waals surface area contributed by atoms with E-state index in [1.807, 2.05) is 0 Å². The molecule has 4 heterocycles. The molecular formula is C21H22F3N5O2. The number of carbonyl (C=O) groups is 1.